The van der Waals surface area contributed by atoms with Crippen LogP contribution in [0, 0.1) is 5.82 Å². The van der Waals surface area contributed by atoms with E-state index in [0.717, 1.165) is 15.6 Å². The average Bonchev–Trinajstić information content (AvgIpc) is 2.79. The van der Waals surface area contributed by atoms with E-state index in [4.69, 9.17) is 0 Å². The summed E-state index contributed by atoms with van der Waals surface area (Å²) in [5, 5.41) is 13.1. The topological polar surface area (TPSA) is 37.8 Å². The van der Waals surface area contributed by atoms with Crippen molar-refractivity contribution in [2.75, 3.05) is 0 Å². The van der Waals surface area contributed by atoms with Gasteiger partial charge >= 0.3 is 0 Å². The smallest absolute Gasteiger partial charge is 0.147 e. The van der Waals surface area contributed by atoms with Crippen molar-refractivity contribution in [2.45, 2.75) is 26.4 Å². The summed E-state index contributed by atoms with van der Waals surface area (Å²) < 4.78 is 13.9. The highest BCUT2D eigenvalue weighted by molar-refractivity contribution is 9.10. The molecule has 2 rings (SSSR count). The Labute approximate surface area is 118 Å². The number of nitrogens with one attached hydrogen (secondary N) is 1. The second kappa shape index (κ2) is 5.86. The number of aromatic nitrogens is 2. The second-order valence-electron chi connectivity index (χ2n) is 4.17. The van der Waals surface area contributed by atoms with Crippen LogP contribution in [0.15, 0.2) is 22.7 Å². The Morgan fingerprint density at radius 2 is 2.17 bits per heavy atom. The molecule has 0 aliphatic rings. The number of hydrogen-bond donors (Lipinski definition) is 1. The minimum absolute atomic E-state index is 0.287. The van der Waals surface area contributed by atoms with Gasteiger partial charge in [-0.1, -0.05) is 31.3 Å². The molecule has 6 heteroatoms. The monoisotopic (exact) mass is 329 g/mol. The molecule has 1 heterocycles. The minimum atomic E-state index is -0.287. The largest absolute Gasteiger partial charge is 0.308 e. The van der Waals surface area contributed by atoms with E-state index in [0.29, 0.717) is 17.1 Å². The highest BCUT2D eigenvalue weighted by atomic mass is 79.9. The van der Waals surface area contributed by atoms with Gasteiger partial charge in [-0.3, -0.25) is 0 Å². The Hall–Kier alpha value is -0.850. The van der Waals surface area contributed by atoms with Gasteiger partial charge in [0.15, 0.2) is 0 Å². The fourth-order valence-electron chi connectivity index (χ4n) is 1.36. The van der Waals surface area contributed by atoms with Crippen molar-refractivity contribution >= 4 is 27.3 Å². The molecule has 3 nitrogen and oxygen atoms in total. The second-order valence-corrected chi connectivity index (χ2v) is 6.08. The predicted octanol–water partition coefficient (Wildman–Crippen LogP) is 3.60. The van der Waals surface area contributed by atoms with Gasteiger partial charge in [-0.25, -0.2) is 4.39 Å². The molecule has 1 aromatic heterocycles. The third-order valence-corrected chi connectivity index (χ3v) is 3.91. The summed E-state index contributed by atoms with van der Waals surface area (Å²) in [5.74, 6) is -0.287. The lowest BCUT2D eigenvalue weighted by Gasteiger charge is -2.03. The standard InChI is InChI=1S/C12H13BrFN3S/c1-7(2)15-6-11-16-17-12(18-11)8-3-4-9(13)10(14)5-8/h3-5,7,15H,6H2,1-2H3. The molecule has 0 spiro atoms. The highest BCUT2D eigenvalue weighted by Crippen LogP contribution is 2.26. The molecule has 1 aromatic carbocycles. The van der Waals surface area contributed by atoms with E-state index in [1.165, 1.54) is 17.4 Å². The summed E-state index contributed by atoms with van der Waals surface area (Å²) in [6, 6.07) is 5.37. The first-order chi connectivity index (χ1) is 8.56. The normalized spacial score (nSPS) is 11.2. The van der Waals surface area contributed by atoms with Gasteiger partial charge in [0, 0.05) is 18.2 Å². The lowest BCUT2D eigenvalue weighted by atomic mass is 10.2. The summed E-state index contributed by atoms with van der Waals surface area (Å²) >= 11 is 4.61. The predicted molar refractivity (Wildman–Crippen MR) is 75.0 cm³/mol. The number of nitrogens with zero attached hydrogens (tertiary/aromatic N) is 2. The SMILES string of the molecule is CC(C)NCc1nnc(-c2ccc(Br)c(F)c2)s1. The van der Waals surface area contributed by atoms with Gasteiger partial charge in [0.2, 0.25) is 0 Å². The minimum Gasteiger partial charge on any atom is -0.308 e. The molecule has 18 heavy (non-hydrogen) atoms. The Morgan fingerprint density at radius 1 is 1.39 bits per heavy atom. The zero-order chi connectivity index (χ0) is 13.1. The van der Waals surface area contributed by atoms with Crippen LogP contribution in [0.5, 0.6) is 0 Å². The molecule has 0 amide bonds. The Morgan fingerprint density at radius 3 is 2.83 bits per heavy atom. The molecular weight excluding hydrogens is 317 g/mol. The van der Waals surface area contributed by atoms with Crippen LogP contribution < -0.4 is 5.32 Å². The van der Waals surface area contributed by atoms with Gasteiger partial charge in [-0.05, 0) is 28.1 Å². The van der Waals surface area contributed by atoms with Gasteiger partial charge in [0.1, 0.15) is 15.8 Å². The lowest BCUT2D eigenvalue weighted by Crippen LogP contribution is -2.21. The van der Waals surface area contributed by atoms with Crippen LogP contribution in [0.2, 0.25) is 0 Å². The molecule has 1 N–H and O–H groups in total. The number of benzene rings is 1. The van der Waals surface area contributed by atoms with Crippen LogP contribution in [0.4, 0.5) is 4.39 Å². The van der Waals surface area contributed by atoms with Crippen molar-refractivity contribution in [1.29, 1.82) is 0 Å². The third-order valence-electron chi connectivity index (χ3n) is 2.29. The first-order valence-corrected chi connectivity index (χ1v) is 7.18. The van der Waals surface area contributed by atoms with Crippen molar-refractivity contribution in [3.05, 3.63) is 33.5 Å². The molecule has 0 atom stereocenters. The van der Waals surface area contributed by atoms with Crippen molar-refractivity contribution in [3.8, 4) is 10.6 Å². The van der Waals surface area contributed by atoms with Gasteiger partial charge in [-0.15, -0.1) is 10.2 Å². The first-order valence-electron chi connectivity index (χ1n) is 5.57. The molecule has 0 saturated heterocycles. The fraction of sp³-hybridized carbons (Fsp3) is 0.333. The van der Waals surface area contributed by atoms with E-state index in [9.17, 15) is 4.39 Å². The summed E-state index contributed by atoms with van der Waals surface area (Å²) in [7, 11) is 0. The molecule has 2 aromatic rings. The molecule has 96 valence electrons. The van der Waals surface area contributed by atoms with Crippen molar-refractivity contribution in [3.63, 3.8) is 0 Å². The fourth-order valence-corrected chi connectivity index (χ4v) is 2.40. The zero-order valence-corrected chi connectivity index (χ0v) is 12.5. The van der Waals surface area contributed by atoms with Crippen molar-refractivity contribution < 1.29 is 4.39 Å². The molecular formula is C12H13BrFN3S. The van der Waals surface area contributed by atoms with Crippen LogP contribution in [-0.2, 0) is 6.54 Å². The van der Waals surface area contributed by atoms with E-state index >= 15 is 0 Å². The maximum absolute atomic E-state index is 13.4. The van der Waals surface area contributed by atoms with Crippen molar-refractivity contribution in [1.82, 2.24) is 15.5 Å². The van der Waals surface area contributed by atoms with Crippen LogP contribution in [-0.4, -0.2) is 16.2 Å². The Bertz CT molecular complexity index is 542. The van der Waals surface area contributed by atoms with Crippen LogP contribution in [0.25, 0.3) is 10.6 Å². The molecule has 0 fully saturated rings. The third kappa shape index (κ3) is 3.34. The van der Waals surface area contributed by atoms with Gasteiger partial charge < -0.3 is 5.32 Å². The van der Waals surface area contributed by atoms with Gasteiger partial charge in [0.05, 0.1) is 4.47 Å². The summed E-state index contributed by atoms with van der Waals surface area (Å²) in [6.45, 7) is 4.84. The Kier molecular flexibility index (Phi) is 4.42. The summed E-state index contributed by atoms with van der Waals surface area (Å²) in [5.41, 5.74) is 0.754. The zero-order valence-electron chi connectivity index (χ0n) is 10.1. The van der Waals surface area contributed by atoms with Crippen LogP contribution >= 0.6 is 27.3 Å². The average molecular weight is 330 g/mol. The maximum atomic E-state index is 13.4. The van der Waals surface area contributed by atoms with Crippen molar-refractivity contribution in [2.24, 2.45) is 0 Å². The maximum Gasteiger partial charge on any atom is 0.147 e. The van der Waals surface area contributed by atoms with E-state index in [2.05, 4.69) is 45.3 Å². The number of hydrogen-bond acceptors (Lipinski definition) is 4. The number of halogens is 2. The highest BCUT2D eigenvalue weighted by Gasteiger charge is 2.09. The van der Waals surface area contributed by atoms with E-state index in [-0.39, 0.29) is 5.82 Å². The molecule has 0 bridgehead atoms. The van der Waals surface area contributed by atoms with E-state index in [1.807, 2.05) is 6.07 Å². The lowest BCUT2D eigenvalue weighted by molar-refractivity contribution is 0.585. The van der Waals surface area contributed by atoms with Crippen LogP contribution in [0.3, 0.4) is 0 Å². The first kappa shape index (κ1) is 13.6. The summed E-state index contributed by atoms with van der Waals surface area (Å²) in [4.78, 5) is 0. The number of rotatable bonds is 4. The molecule has 0 aliphatic heterocycles. The van der Waals surface area contributed by atoms with Crippen LogP contribution in [0.1, 0.15) is 18.9 Å². The molecule has 0 saturated carbocycles. The quantitative estimate of drug-likeness (QED) is 0.931. The Balaban J connectivity index is 2.16. The summed E-state index contributed by atoms with van der Waals surface area (Å²) in [6.07, 6.45) is 0. The molecule has 0 unspecified atom stereocenters. The van der Waals surface area contributed by atoms with E-state index in [1.54, 1.807) is 6.07 Å². The van der Waals surface area contributed by atoms with E-state index < -0.39 is 0 Å². The molecule has 0 aliphatic carbocycles. The van der Waals surface area contributed by atoms with Gasteiger partial charge in [-0.2, -0.15) is 0 Å². The molecule has 0 radical (unpaired) electrons. The van der Waals surface area contributed by atoms with Gasteiger partial charge in [0.25, 0.3) is 0 Å².